The zero-order valence-corrected chi connectivity index (χ0v) is 32.1. The lowest BCUT2D eigenvalue weighted by Crippen LogP contribution is -2.28. The molecule has 0 aromatic heterocycles. The van der Waals surface area contributed by atoms with Crippen molar-refractivity contribution >= 4 is 11.9 Å². The van der Waals surface area contributed by atoms with E-state index in [1.165, 1.54) is 77.0 Å². The van der Waals surface area contributed by atoms with Crippen LogP contribution in [0.5, 0.6) is 0 Å². The van der Waals surface area contributed by atoms with Crippen molar-refractivity contribution in [1.29, 1.82) is 0 Å². The van der Waals surface area contributed by atoms with Gasteiger partial charge in [0.1, 0.15) is 6.61 Å². The Morgan fingerprint density at radius 1 is 0.480 bits per heavy atom. The van der Waals surface area contributed by atoms with Crippen LogP contribution in [0, 0.1) is 0 Å². The van der Waals surface area contributed by atoms with E-state index < -0.39 is 12.1 Å². The van der Waals surface area contributed by atoms with E-state index in [2.05, 4.69) is 86.8 Å². The second-order valence-corrected chi connectivity index (χ2v) is 13.0. The van der Waals surface area contributed by atoms with E-state index in [9.17, 15) is 14.7 Å². The summed E-state index contributed by atoms with van der Waals surface area (Å²) in [6, 6.07) is 0. The number of carbonyl (C=O) groups is 2. The first-order valence-corrected chi connectivity index (χ1v) is 20.1. The molecule has 0 bridgehead atoms. The lowest BCUT2D eigenvalue weighted by atomic mass is 10.1. The van der Waals surface area contributed by atoms with Crippen LogP contribution in [0.15, 0.2) is 85.1 Å². The molecule has 5 heteroatoms. The number of rotatable bonds is 35. The van der Waals surface area contributed by atoms with Crippen LogP contribution in [0.2, 0.25) is 0 Å². The number of ether oxygens (including phenoxy) is 2. The van der Waals surface area contributed by atoms with E-state index in [0.717, 1.165) is 57.8 Å². The number of hydrogen-bond donors (Lipinski definition) is 1. The molecule has 0 spiro atoms. The summed E-state index contributed by atoms with van der Waals surface area (Å²) in [6.45, 7) is 3.94. The smallest absolute Gasteiger partial charge is 0.306 e. The fourth-order valence-corrected chi connectivity index (χ4v) is 5.16. The van der Waals surface area contributed by atoms with Crippen LogP contribution in [0.4, 0.5) is 0 Å². The Morgan fingerprint density at radius 3 is 1.38 bits per heavy atom. The van der Waals surface area contributed by atoms with Crippen molar-refractivity contribution in [3.8, 4) is 0 Å². The lowest BCUT2D eigenvalue weighted by molar-refractivity contribution is -0.161. The number of carbonyl (C=O) groups excluding carboxylic acids is 2. The van der Waals surface area contributed by atoms with Crippen LogP contribution in [-0.2, 0) is 19.1 Å². The maximum Gasteiger partial charge on any atom is 0.306 e. The molecule has 50 heavy (non-hydrogen) atoms. The maximum absolute atomic E-state index is 12.1. The molecule has 0 fully saturated rings. The van der Waals surface area contributed by atoms with Crippen molar-refractivity contribution in [3.05, 3.63) is 85.1 Å². The summed E-state index contributed by atoms with van der Waals surface area (Å²) < 4.78 is 10.5. The van der Waals surface area contributed by atoms with Gasteiger partial charge in [-0.15, -0.1) is 0 Å². The zero-order chi connectivity index (χ0) is 36.4. The molecule has 1 atom stereocenters. The molecule has 0 saturated carbocycles. The Bertz CT molecular complexity index is 968. The van der Waals surface area contributed by atoms with Gasteiger partial charge in [-0.2, -0.15) is 0 Å². The monoisotopic (exact) mass is 695 g/mol. The van der Waals surface area contributed by atoms with E-state index in [1.807, 2.05) is 12.2 Å². The number of aliphatic hydroxyl groups is 1. The van der Waals surface area contributed by atoms with Gasteiger partial charge >= 0.3 is 11.9 Å². The van der Waals surface area contributed by atoms with E-state index in [0.29, 0.717) is 12.8 Å². The molecule has 0 aliphatic rings. The van der Waals surface area contributed by atoms with Gasteiger partial charge in [-0.25, -0.2) is 0 Å². The second-order valence-electron chi connectivity index (χ2n) is 13.0. The minimum Gasteiger partial charge on any atom is -0.462 e. The highest BCUT2D eigenvalue weighted by molar-refractivity contribution is 5.70. The standard InChI is InChI=1S/C45H74O5/c1-3-5-7-9-11-13-15-17-19-21-22-24-26-28-30-32-34-36-38-40-45(48)50-43(41-46)42-49-44(47)39-37-35-33-31-29-27-25-23-20-18-16-14-12-10-8-6-4-2/h5,7,11,13,17-20,22,24,28,30,34,36,43,46H,3-4,6,8-10,12,14-16,21,23,25-27,29,31-33,35,37-42H2,1-2H3/b7-5-,13-11-,19-17-,20-18-,24-22-,30-28-,36-34-. The van der Waals surface area contributed by atoms with Crippen molar-refractivity contribution in [2.45, 2.75) is 174 Å². The topological polar surface area (TPSA) is 72.8 Å². The van der Waals surface area contributed by atoms with Crippen molar-refractivity contribution in [1.82, 2.24) is 0 Å². The van der Waals surface area contributed by atoms with Crippen molar-refractivity contribution in [2.75, 3.05) is 13.2 Å². The van der Waals surface area contributed by atoms with Crippen molar-refractivity contribution in [2.24, 2.45) is 0 Å². The summed E-state index contributed by atoms with van der Waals surface area (Å²) in [7, 11) is 0. The molecule has 0 saturated heterocycles. The summed E-state index contributed by atoms with van der Waals surface area (Å²) >= 11 is 0. The molecule has 0 radical (unpaired) electrons. The molecule has 0 amide bonds. The predicted molar refractivity (Wildman–Crippen MR) is 214 cm³/mol. The summed E-state index contributed by atoms with van der Waals surface area (Å²) in [5.74, 6) is -0.700. The molecule has 0 aliphatic carbocycles. The zero-order valence-electron chi connectivity index (χ0n) is 32.1. The molecule has 0 aliphatic heterocycles. The van der Waals surface area contributed by atoms with E-state index >= 15 is 0 Å². The van der Waals surface area contributed by atoms with Gasteiger partial charge in [-0.3, -0.25) is 9.59 Å². The molecule has 0 aromatic carbocycles. The molecule has 284 valence electrons. The average molecular weight is 695 g/mol. The van der Waals surface area contributed by atoms with Gasteiger partial charge < -0.3 is 14.6 Å². The Balaban J connectivity index is 3.71. The molecule has 1 unspecified atom stereocenters. The first-order valence-electron chi connectivity index (χ1n) is 20.1. The molecule has 5 nitrogen and oxygen atoms in total. The molecule has 0 rings (SSSR count). The Kier molecular flexibility index (Phi) is 38.1. The minimum absolute atomic E-state index is 0.103. The van der Waals surface area contributed by atoms with Crippen LogP contribution in [0.25, 0.3) is 0 Å². The van der Waals surface area contributed by atoms with E-state index in [1.54, 1.807) is 0 Å². The van der Waals surface area contributed by atoms with Crippen LogP contribution < -0.4 is 0 Å². The highest BCUT2D eigenvalue weighted by atomic mass is 16.6. The lowest BCUT2D eigenvalue weighted by Gasteiger charge is -2.15. The Hall–Kier alpha value is -2.92. The molecular weight excluding hydrogens is 620 g/mol. The highest BCUT2D eigenvalue weighted by Gasteiger charge is 2.15. The van der Waals surface area contributed by atoms with Gasteiger partial charge in [0, 0.05) is 12.8 Å². The van der Waals surface area contributed by atoms with E-state index in [4.69, 9.17) is 9.47 Å². The van der Waals surface area contributed by atoms with Crippen molar-refractivity contribution in [3.63, 3.8) is 0 Å². The average Bonchev–Trinajstić information content (AvgIpc) is 3.12. The fraction of sp³-hybridized carbons (Fsp3) is 0.644. The molecule has 1 N–H and O–H groups in total. The van der Waals surface area contributed by atoms with E-state index in [-0.39, 0.29) is 25.6 Å². The first kappa shape index (κ1) is 47.1. The summed E-state index contributed by atoms with van der Waals surface area (Å²) in [5, 5.41) is 9.55. The Labute approximate surface area is 307 Å². The predicted octanol–water partition coefficient (Wildman–Crippen LogP) is 12.7. The largest absolute Gasteiger partial charge is 0.462 e. The third-order valence-corrected chi connectivity index (χ3v) is 8.19. The van der Waals surface area contributed by atoms with Gasteiger partial charge in [-0.1, -0.05) is 163 Å². The van der Waals surface area contributed by atoms with Gasteiger partial charge in [0.15, 0.2) is 6.10 Å². The third kappa shape index (κ3) is 37.9. The van der Waals surface area contributed by atoms with Crippen molar-refractivity contribution < 1.29 is 24.2 Å². The molecular formula is C45H74O5. The van der Waals surface area contributed by atoms with Crippen LogP contribution in [-0.4, -0.2) is 36.4 Å². The highest BCUT2D eigenvalue weighted by Crippen LogP contribution is 2.12. The summed E-state index contributed by atoms with van der Waals surface area (Å²) in [5.41, 5.74) is 0. The van der Waals surface area contributed by atoms with Gasteiger partial charge in [0.05, 0.1) is 6.61 Å². The van der Waals surface area contributed by atoms with Gasteiger partial charge in [0.2, 0.25) is 0 Å². The van der Waals surface area contributed by atoms with Crippen LogP contribution >= 0.6 is 0 Å². The molecule has 0 heterocycles. The minimum atomic E-state index is -0.817. The van der Waals surface area contributed by atoms with Gasteiger partial charge in [0.25, 0.3) is 0 Å². The quantitative estimate of drug-likeness (QED) is 0.0406. The van der Waals surface area contributed by atoms with Gasteiger partial charge in [-0.05, 0) is 77.0 Å². The van der Waals surface area contributed by atoms with Crippen LogP contribution in [0.1, 0.15) is 168 Å². The third-order valence-electron chi connectivity index (χ3n) is 8.19. The number of aliphatic hydroxyl groups excluding tert-OH is 1. The Morgan fingerprint density at radius 2 is 0.900 bits per heavy atom. The fourth-order valence-electron chi connectivity index (χ4n) is 5.16. The summed E-state index contributed by atoms with van der Waals surface area (Å²) in [6.07, 6.45) is 55.1. The van der Waals surface area contributed by atoms with Crippen LogP contribution in [0.3, 0.4) is 0 Å². The normalized spacial score (nSPS) is 13.1. The number of hydrogen-bond acceptors (Lipinski definition) is 5. The first-order chi connectivity index (χ1) is 24.6. The summed E-state index contributed by atoms with van der Waals surface area (Å²) in [4.78, 5) is 24.2. The second kappa shape index (κ2) is 40.5. The number of allylic oxidation sites excluding steroid dienone is 14. The maximum atomic E-state index is 12.1. The number of unbranched alkanes of at least 4 members (excludes halogenated alkanes) is 13. The SMILES string of the molecule is CC/C=C\C/C=C\C/C=C\C/C=C\C/C=C\C/C=C\CCC(=O)OC(CO)COC(=O)CCCCCCCCC/C=C\CCCCCCCC. The number of esters is 2. The molecule has 0 aromatic rings.